The highest BCUT2D eigenvalue weighted by molar-refractivity contribution is 9.10. The Kier molecular flexibility index (Phi) is 5.12. The molecule has 6 heteroatoms. The number of amides is 1. The molecule has 28 heavy (non-hydrogen) atoms. The van der Waals surface area contributed by atoms with Gasteiger partial charge in [0, 0.05) is 16.1 Å². The number of furan rings is 1. The topological polar surface area (TPSA) is 55.0 Å². The average molecular weight is 437 g/mol. The van der Waals surface area contributed by atoms with Gasteiger partial charge in [-0.25, -0.2) is 4.99 Å². The Morgan fingerprint density at radius 1 is 1.11 bits per heavy atom. The van der Waals surface area contributed by atoms with E-state index in [1.165, 1.54) is 0 Å². The molecular formula is C22H17BrN2O3. The van der Waals surface area contributed by atoms with Crippen molar-refractivity contribution in [2.45, 2.75) is 6.92 Å². The van der Waals surface area contributed by atoms with Gasteiger partial charge in [-0.05, 0) is 49.4 Å². The number of amidine groups is 1. The second-order valence-corrected chi connectivity index (χ2v) is 6.88. The standard InChI is InChI=1S/C22H17BrN2O3/c1-2-27-16-11-9-15(10-12-16)25-21(18-7-3-4-8-19(18)23)24-20(22(25)26)14-17-6-5-13-28-17/h3-14H,2H2,1H3/b20-14+. The van der Waals surface area contributed by atoms with E-state index in [1.807, 2.05) is 55.5 Å². The molecule has 0 N–H and O–H groups in total. The molecule has 0 saturated heterocycles. The number of aliphatic imine (C=N–C) groups is 1. The van der Waals surface area contributed by atoms with Gasteiger partial charge in [0.2, 0.25) is 0 Å². The fourth-order valence-electron chi connectivity index (χ4n) is 2.95. The number of hydrogen-bond donors (Lipinski definition) is 0. The molecule has 0 bridgehead atoms. The van der Waals surface area contributed by atoms with Crippen molar-refractivity contribution >= 4 is 39.4 Å². The van der Waals surface area contributed by atoms with Crippen LogP contribution in [0.5, 0.6) is 5.75 Å². The first-order valence-electron chi connectivity index (χ1n) is 8.83. The zero-order valence-electron chi connectivity index (χ0n) is 15.1. The Balaban J connectivity index is 1.80. The van der Waals surface area contributed by atoms with Gasteiger partial charge in [-0.1, -0.05) is 34.1 Å². The summed E-state index contributed by atoms with van der Waals surface area (Å²) in [4.78, 5) is 19.4. The van der Waals surface area contributed by atoms with E-state index < -0.39 is 0 Å². The minimum atomic E-state index is -0.216. The molecule has 1 aliphatic heterocycles. The van der Waals surface area contributed by atoms with Crippen molar-refractivity contribution in [1.82, 2.24) is 0 Å². The van der Waals surface area contributed by atoms with Crippen molar-refractivity contribution in [3.63, 3.8) is 0 Å². The molecule has 0 aliphatic carbocycles. The lowest BCUT2D eigenvalue weighted by molar-refractivity contribution is -0.113. The molecule has 0 unspecified atom stereocenters. The van der Waals surface area contributed by atoms with Crippen LogP contribution in [0.25, 0.3) is 6.08 Å². The summed E-state index contributed by atoms with van der Waals surface area (Å²) in [6.07, 6.45) is 3.21. The molecule has 1 amide bonds. The summed E-state index contributed by atoms with van der Waals surface area (Å²) >= 11 is 3.56. The van der Waals surface area contributed by atoms with Gasteiger partial charge >= 0.3 is 0 Å². The van der Waals surface area contributed by atoms with Crippen LogP contribution in [-0.4, -0.2) is 18.3 Å². The predicted molar refractivity (Wildman–Crippen MR) is 112 cm³/mol. The van der Waals surface area contributed by atoms with Crippen LogP contribution < -0.4 is 9.64 Å². The third-order valence-electron chi connectivity index (χ3n) is 4.20. The van der Waals surface area contributed by atoms with Crippen LogP contribution in [0.1, 0.15) is 18.2 Å². The number of carbonyl (C=O) groups excluding carboxylic acids is 1. The molecule has 4 rings (SSSR count). The van der Waals surface area contributed by atoms with Gasteiger partial charge in [-0.3, -0.25) is 9.69 Å². The van der Waals surface area contributed by atoms with E-state index in [9.17, 15) is 4.79 Å². The van der Waals surface area contributed by atoms with Crippen LogP contribution in [0.2, 0.25) is 0 Å². The van der Waals surface area contributed by atoms with E-state index >= 15 is 0 Å². The van der Waals surface area contributed by atoms with Crippen LogP contribution >= 0.6 is 15.9 Å². The molecule has 0 saturated carbocycles. The van der Waals surface area contributed by atoms with Crippen molar-refractivity contribution in [3.8, 4) is 5.75 Å². The van der Waals surface area contributed by atoms with E-state index in [-0.39, 0.29) is 5.91 Å². The zero-order valence-corrected chi connectivity index (χ0v) is 16.7. The van der Waals surface area contributed by atoms with E-state index in [4.69, 9.17) is 9.15 Å². The van der Waals surface area contributed by atoms with E-state index in [0.29, 0.717) is 29.6 Å². The summed E-state index contributed by atoms with van der Waals surface area (Å²) in [7, 11) is 0. The number of anilines is 1. The van der Waals surface area contributed by atoms with Crippen LogP contribution in [0.15, 0.2) is 86.5 Å². The molecule has 1 aliphatic rings. The highest BCUT2D eigenvalue weighted by atomic mass is 79.9. The van der Waals surface area contributed by atoms with Gasteiger partial charge in [0.25, 0.3) is 5.91 Å². The van der Waals surface area contributed by atoms with Crippen LogP contribution in [0.3, 0.4) is 0 Å². The second kappa shape index (κ2) is 7.86. The second-order valence-electron chi connectivity index (χ2n) is 6.03. The van der Waals surface area contributed by atoms with Crippen molar-refractivity contribution < 1.29 is 13.9 Å². The summed E-state index contributed by atoms with van der Waals surface area (Å²) in [5, 5.41) is 0. The highest BCUT2D eigenvalue weighted by Gasteiger charge is 2.33. The molecular weight excluding hydrogens is 420 g/mol. The van der Waals surface area contributed by atoms with E-state index in [1.54, 1.807) is 29.4 Å². The Labute approximate surface area is 171 Å². The smallest absolute Gasteiger partial charge is 0.282 e. The largest absolute Gasteiger partial charge is 0.494 e. The van der Waals surface area contributed by atoms with Gasteiger partial charge in [0.1, 0.15) is 23.0 Å². The summed E-state index contributed by atoms with van der Waals surface area (Å²) in [5.41, 5.74) is 1.85. The first-order valence-corrected chi connectivity index (χ1v) is 9.63. The first-order chi connectivity index (χ1) is 13.7. The first kappa shape index (κ1) is 18.3. The number of halogens is 1. The van der Waals surface area contributed by atoms with Crippen molar-refractivity contribution in [2.75, 3.05) is 11.5 Å². The van der Waals surface area contributed by atoms with Crippen LogP contribution in [0, 0.1) is 0 Å². The molecule has 0 radical (unpaired) electrons. The maximum atomic E-state index is 13.2. The highest BCUT2D eigenvalue weighted by Crippen LogP contribution is 2.31. The van der Waals surface area contributed by atoms with Crippen molar-refractivity contribution in [1.29, 1.82) is 0 Å². The Morgan fingerprint density at radius 3 is 2.57 bits per heavy atom. The van der Waals surface area contributed by atoms with Crippen LogP contribution in [0.4, 0.5) is 5.69 Å². The number of carbonyl (C=O) groups is 1. The summed E-state index contributed by atoms with van der Waals surface area (Å²) in [6, 6.07) is 18.6. The minimum absolute atomic E-state index is 0.216. The predicted octanol–water partition coefficient (Wildman–Crippen LogP) is 5.28. The zero-order chi connectivity index (χ0) is 19.5. The molecule has 2 aromatic carbocycles. The van der Waals surface area contributed by atoms with Crippen LogP contribution in [-0.2, 0) is 4.79 Å². The summed E-state index contributed by atoms with van der Waals surface area (Å²) in [6.45, 7) is 2.52. The van der Waals surface area contributed by atoms with Gasteiger partial charge in [0.15, 0.2) is 0 Å². The quantitative estimate of drug-likeness (QED) is 0.511. The fourth-order valence-corrected chi connectivity index (χ4v) is 3.41. The van der Waals surface area contributed by atoms with Crippen molar-refractivity contribution in [3.05, 3.63) is 88.4 Å². The fraction of sp³-hybridized carbons (Fsp3) is 0.0909. The van der Waals surface area contributed by atoms with E-state index in [0.717, 1.165) is 15.8 Å². The molecule has 0 fully saturated rings. The third kappa shape index (κ3) is 3.51. The molecule has 5 nitrogen and oxygen atoms in total. The summed E-state index contributed by atoms with van der Waals surface area (Å²) < 4.78 is 11.7. The lowest BCUT2D eigenvalue weighted by Crippen LogP contribution is -2.32. The maximum absolute atomic E-state index is 13.2. The van der Waals surface area contributed by atoms with Gasteiger partial charge in [-0.2, -0.15) is 0 Å². The number of rotatable bonds is 5. The molecule has 3 aromatic rings. The number of ether oxygens (including phenoxy) is 1. The number of benzene rings is 2. The Morgan fingerprint density at radius 2 is 1.89 bits per heavy atom. The van der Waals surface area contributed by atoms with Gasteiger partial charge in [0.05, 0.1) is 18.6 Å². The van der Waals surface area contributed by atoms with Crippen molar-refractivity contribution in [2.24, 2.45) is 4.99 Å². The number of nitrogens with zero attached hydrogens (tertiary/aromatic N) is 2. The maximum Gasteiger partial charge on any atom is 0.282 e. The third-order valence-corrected chi connectivity index (χ3v) is 4.89. The molecule has 1 aromatic heterocycles. The monoisotopic (exact) mass is 436 g/mol. The minimum Gasteiger partial charge on any atom is -0.494 e. The number of hydrogen-bond acceptors (Lipinski definition) is 4. The van der Waals surface area contributed by atoms with Gasteiger partial charge < -0.3 is 9.15 Å². The Hall–Kier alpha value is -3.12. The Bertz CT molecular complexity index is 1050. The summed E-state index contributed by atoms with van der Waals surface area (Å²) in [5.74, 6) is 1.67. The average Bonchev–Trinajstić information content (AvgIpc) is 3.32. The van der Waals surface area contributed by atoms with E-state index in [2.05, 4.69) is 20.9 Å². The molecule has 140 valence electrons. The molecule has 0 spiro atoms. The molecule has 0 atom stereocenters. The normalized spacial score (nSPS) is 15.2. The van der Waals surface area contributed by atoms with Gasteiger partial charge in [-0.15, -0.1) is 0 Å². The lowest BCUT2D eigenvalue weighted by Gasteiger charge is -2.19. The SMILES string of the molecule is CCOc1ccc(N2C(=O)/C(=C\c3ccco3)N=C2c2ccccc2Br)cc1. The molecule has 2 heterocycles. The lowest BCUT2D eigenvalue weighted by atomic mass is 10.1.